The van der Waals surface area contributed by atoms with Gasteiger partial charge in [-0.1, -0.05) is 0 Å². The predicted octanol–water partition coefficient (Wildman–Crippen LogP) is 1.23. The highest BCUT2D eigenvalue weighted by atomic mass is 14.9. The van der Waals surface area contributed by atoms with Crippen molar-refractivity contribution >= 4 is 0 Å². The van der Waals surface area contributed by atoms with Crippen LogP contribution in [0, 0.1) is 0 Å². The van der Waals surface area contributed by atoms with Gasteiger partial charge in [0, 0.05) is 37.1 Å². The molecule has 2 N–H and O–H groups in total. The maximum atomic E-state index is 4.48. The van der Waals surface area contributed by atoms with Crippen molar-refractivity contribution in [1.82, 2.24) is 20.3 Å². The van der Waals surface area contributed by atoms with Crippen molar-refractivity contribution in [2.75, 3.05) is 13.6 Å². The fourth-order valence-electron chi connectivity index (χ4n) is 1.40. The molecule has 2 rings (SSSR count). The highest BCUT2D eigenvalue weighted by molar-refractivity contribution is 5.57. The third kappa shape index (κ3) is 2.41. The minimum atomic E-state index is 0.856. The van der Waals surface area contributed by atoms with Gasteiger partial charge < -0.3 is 10.3 Å². The van der Waals surface area contributed by atoms with Gasteiger partial charge in [0.2, 0.25) is 0 Å². The Morgan fingerprint density at radius 2 is 2.33 bits per heavy atom. The van der Waals surface area contributed by atoms with Crippen molar-refractivity contribution < 1.29 is 0 Å². The molecule has 2 aromatic rings. The summed E-state index contributed by atoms with van der Waals surface area (Å²) in [6, 6.07) is 3.93. The van der Waals surface area contributed by atoms with Gasteiger partial charge in [-0.3, -0.25) is 0 Å². The number of hydrogen-bond donors (Lipinski definition) is 2. The molecule has 2 heterocycles. The SMILES string of the molecule is CNCCc1nccc(-c2cc[nH]c2)n1. The van der Waals surface area contributed by atoms with Crippen LogP contribution in [0.3, 0.4) is 0 Å². The molecular formula is C11H14N4. The quantitative estimate of drug-likeness (QED) is 0.784. The van der Waals surface area contributed by atoms with E-state index >= 15 is 0 Å². The zero-order chi connectivity index (χ0) is 10.5. The Labute approximate surface area is 88.8 Å². The summed E-state index contributed by atoms with van der Waals surface area (Å²) >= 11 is 0. The first-order valence-electron chi connectivity index (χ1n) is 5.00. The summed E-state index contributed by atoms with van der Waals surface area (Å²) in [6.07, 6.45) is 6.49. The van der Waals surface area contributed by atoms with E-state index in [0.717, 1.165) is 30.0 Å². The van der Waals surface area contributed by atoms with Gasteiger partial charge in [0.1, 0.15) is 5.82 Å². The first-order chi connectivity index (χ1) is 7.40. The number of rotatable bonds is 4. The Morgan fingerprint density at radius 3 is 3.07 bits per heavy atom. The van der Waals surface area contributed by atoms with Gasteiger partial charge in [0.15, 0.2) is 0 Å². The molecule has 0 aliphatic carbocycles. The number of H-pyrrole nitrogens is 1. The molecular weight excluding hydrogens is 188 g/mol. The van der Waals surface area contributed by atoms with Crippen LogP contribution < -0.4 is 5.32 Å². The van der Waals surface area contributed by atoms with Crippen LogP contribution in [0.2, 0.25) is 0 Å². The molecule has 0 saturated heterocycles. The van der Waals surface area contributed by atoms with Gasteiger partial charge >= 0.3 is 0 Å². The third-order valence-corrected chi connectivity index (χ3v) is 2.20. The Morgan fingerprint density at radius 1 is 1.40 bits per heavy atom. The molecule has 4 heteroatoms. The number of aromatic nitrogens is 3. The van der Waals surface area contributed by atoms with E-state index in [1.54, 1.807) is 6.20 Å². The lowest BCUT2D eigenvalue weighted by atomic mass is 10.2. The van der Waals surface area contributed by atoms with Crippen molar-refractivity contribution in [2.45, 2.75) is 6.42 Å². The molecule has 0 fully saturated rings. The van der Waals surface area contributed by atoms with Crippen LogP contribution in [-0.4, -0.2) is 28.5 Å². The number of likely N-dealkylation sites (N-methyl/N-ethyl adjacent to an activating group) is 1. The van der Waals surface area contributed by atoms with Crippen LogP contribution in [0.1, 0.15) is 5.82 Å². The Bertz CT molecular complexity index is 408. The monoisotopic (exact) mass is 202 g/mol. The second-order valence-corrected chi connectivity index (χ2v) is 3.31. The van der Waals surface area contributed by atoms with Crippen molar-refractivity contribution in [1.29, 1.82) is 0 Å². The molecule has 15 heavy (non-hydrogen) atoms. The molecule has 0 bridgehead atoms. The molecule has 0 saturated carbocycles. The van der Waals surface area contributed by atoms with E-state index in [1.807, 2.05) is 31.6 Å². The molecule has 4 nitrogen and oxygen atoms in total. The lowest BCUT2D eigenvalue weighted by Crippen LogP contribution is -2.12. The van der Waals surface area contributed by atoms with E-state index in [4.69, 9.17) is 0 Å². The maximum Gasteiger partial charge on any atom is 0.130 e. The number of nitrogens with one attached hydrogen (secondary N) is 2. The second kappa shape index (κ2) is 4.70. The molecule has 0 unspecified atom stereocenters. The largest absolute Gasteiger partial charge is 0.367 e. The van der Waals surface area contributed by atoms with E-state index in [1.165, 1.54) is 0 Å². The molecule has 0 amide bonds. The summed E-state index contributed by atoms with van der Waals surface area (Å²) in [5, 5.41) is 3.08. The molecule has 0 atom stereocenters. The summed E-state index contributed by atoms with van der Waals surface area (Å²) in [7, 11) is 1.93. The van der Waals surface area contributed by atoms with Crippen LogP contribution in [0.4, 0.5) is 0 Å². The highest BCUT2D eigenvalue weighted by Crippen LogP contribution is 2.14. The fourth-order valence-corrected chi connectivity index (χ4v) is 1.40. The van der Waals surface area contributed by atoms with E-state index < -0.39 is 0 Å². The van der Waals surface area contributed by atoms with Gasteiger partial charge in [-0.2, -0.15) is 0 Å². The van der Waals surface area contributed by atoms with Crippen LogP contribution in [0.25, 0.3) is 11.3 Å². The molecule has 78 valence electrons. The topological polar surface area (TPSA) is 53.6 Å². The second-order valence-electron chi connectivity index (χ2n) is 3.31. The maximum absolute atomic E-state index is 4.48. The lowest BCUT2D eigenvalue weighted by Gasteiger charge is -2.01. The van der Waals surface area contributed by atoms with Crippen molar-refractivity contribution in [2.24, 2.45) is 0 Å². The number of hydrogen-bond acceptors (Lipinski definition) is 3. The van der Waals surface area contributed by atoms with E-state index in [0.29, 0.717) is 0 Å². The summed E-state index contributed by atoms with van der Waals surface area (Å²) in [5.74, 6) is 0.878. The average molecular weight is 202 g/mol. The minimum absolute atomic E-state index is 0.856. The normalized spacial score (nSPS) is 10.5. The van der Waals surface area contributed by atoms with Gasteiger partial charge in [-0.15, -0.1) is 0 Å². The summed E-state index contributed by atoms with van der Waals surface area (Å²) in [4.78, 5) is 11.7. The molecule has 0 aliphatic rings. The Kier molecular flexibility index (Phi) is 3.09. The van der Waals surface area contributed by atoms with E-state index in [9.17, 15) is 0 Å². The zero-order valence-corrected chi connectivity index (χ0v) is 8.70. The first kappa shape index (κ1) is 9.86. The summed E-state index contributed by atoms with van der Waals surface area (Å²) in [5.41, 5.74) is 2.07. The first-order valence-corrected chi connectivity index (χ1v) is 5.00. The van der Waals surface area contributed by atoms with E-state index in [-0.39, 0.29) is 0 Å². The molecule has 0 radical (unpaired) electrons. The number of aromatic amines is 1. The van der Waals surface area contributed by atoms with Gasteiger partial charge in [0.05, 0.1) is 5.69 Å². The summed E-state index contributed by atoms with van der Waals surface area (Å²) in [6.45, 7) is 0.899. The Hall–Kier alpha value is -1.68. The third-order valence-electron chi connectivity index (χ3n) is 2.20. The van der Waals surface area contributed by atoms with Crippen LogP contribution >= 0.6 is 0 Å². The van der Waals surface area contributed by atoms with Crippen molar-refractivity contribution in [3.63, 3.8) is 0 Å². The van der Waals surface area contributed by atoms with Crippen LogP contribution in [0.15, 0.2) is 30.7 Å². The zero-order valence-electron chi connectivity index (χ0n) is 8.70. The number of nitrogens with zero attached hydrogens (tertiary/aromatic N) is 2. The lowest BCUT2D eigenvalue weighted by molar-refractivity contribution is 0.756. The minimum Gasteiger partial charge on any atom is -0.367 e. The van der Waals surface area contributed by atoms with Crippen molar-refractivity contribution in [3.05, 3.63) is 36.5 Å². The highest BCUT2D eigenvalue weighted by Gasteiger charge is 2.01. The van der Waals surface area contributed by atoms with Crippen LogP contribution in [-0.2, 0) is 6.42 Å². The molecule has 2 aromatic heterocycles. The van der Waals surface area contributed by atoms with Crippen molar-refractivity contribution in [3.8, 4) is 11.3 Å². The molecule has 0 aromatic carbocycles. The van der Waals surface area contributed by atoms with Gasteiger partial charge in [-0.25, -0.2) is 9.97 Å². The standard InChI is InChI=1S/C11H14N4/c1-12-5-4-11-14-7-3-10(15-11)9-2-6-13-8-9/h2-3,6-8,12-13H,4-5H2,1H3. The molecule has 0 aliphatic heterocycles. The van der Waals surface area contributed by atoms with E-state index in [2.05, 4.69) is 20.3 Å². The Balaban J connectivity index is 2.19. The smallest absolute Gasteiger partial charge is 0.130 e. The summed E-state index contributed by atoms with van der Waals surface area (Å²) < 4.78 is 0. The van der Waals surface area contributed by atoms with Gasteiger partial charge in [-0.05, 0) is 19.2 Å². The predicted molar refractivity (Wildman–Crippen MR) is 59.4 cm³/mol. The van der Waals surface area contributed by atoms with Gasteiger partial charge in [0.25, 0.3) is 0 Å². The van der Waals surface area contributed by atoms with Crippen LogP contribution in [0.5, 0.6) is 0 Å². The average Bonchev–Trinajstić information content (AvgIpc) is 2.80. The molecule has 0 spiro atoms. The fraction of sp³-hybridized carbons (Fsp3) is 0.273.